The number of hydrogen-bond acceptors (Lipinski definition) is 4. The van der Waals surface area contributed by atoms with Crippen molar-refractivity contribution in [3.05, 3.63) is 29.7 Å². The Bertz CT molecular complexity index is 512. The van der Waals surface area contributed by atoms with Crippen molar-refractivity contribution in [3.8, 4) is 0 Å². The summed E-state index contributed by atoms with van der Waals surface area (Å²) < 4.78 is 26.9. The van der Waals surface area contributed by atoms with Gasteiger partial charge in [-0.15, -0.1) is 17.9 Å². The molecule has 2 N–H and O–H groups in total. The summed E-state index contributed by atoms with van der Waals surface area (Å²) in [5, 5.41) is 0. The highest BCUT2D eigenvalue weighted by molar-refractivity contribution is 7.91. The topological polar surface area (TPSA) is 63.4 Å². The van der Waals surface area contributed by atoms with Crippen molar-refractivity contribution in [1.82, 2.24) is 4.31 Å². The number of thiophene rings is 1. The third-order valence-corrected chi connectivity index (χ3v) is 6.13. The maximum atomic E-state index is 12.5. The Kier molecular flexibility index (Phi) is 4.72. The molecule has 102 valence electrons. The molecule has 1 aromatic rings. The minimum Gasteiger partial charge on any atom is -0.326 e. The average Bonchev–Trinajstić information content (AvgIpc) is 2.73. The first kappa shape index (κ1) is 15.4. The third kappa shape index (κ3) is 3.20. The van der Waals surface area contributed by atoms with E-state index >= 15 is 0 Å². The molecule has 4 nitrogen and oxygen atoms in total. The quantitative estimate of drug-likeness (QED) is 0.845. The number of hydrogen-bond donors (Lipinski definition) is 1. The second-order valence-corrected chi connectivity index (χ2v) is 8.18. The molecule has 0 aromatic carbocycles. The van der Waals surface area contributed by atoms with Gasteiger partial charge in [0.2, 0.25) is 0 Å². The van der Waals surface area contributed by atoms with Crippen LogP contribution in [0.2, 0.25) is 0 Å². The van der Waals surface area contributed by atoms with Gasteiger partial charge in [0.1, 0.15) is 4.21 Å². The summed E-state index contributed by atoms with van der Waals surface area (Å²) in [5.41, 5.74) is 5.03. The van der Waals surface area contributed by atoms with Gasteiger partial charge >= 0.3 is 0 Å². The van der Waals surface area contributed by atoms with Gasteiger partial charge in [-0.2, -0.15) is 4.31 Å². The average molecular weight is 288 g/mol. The molecule has 18 heavy (non-hydrogen) atoms. The van der Waals surface area contributed by atoms with Gasteiger partial charge in [0.25, 0.3) is 10.0 Å². The van der Waals surface area contributed by atoms with E-state index in [4.69, 9.17) is 5.73 Å². The monoisotopic (exact) mass is 288 g/mol. The Labute approximate surface area is 113 Å². The van der Waals surface area contributed by atoms with Crippen molar-refractivity contribution in [3.63, 3.8) is 0 Å². The first-order valence-corrected chi connectivity index (χ1v) is 7.91. The summed E-state index contributed by atoms with van der Waals surface area (Å²) in [6, 6.07) is 3.37. The molecule has 0 saturated carbocycles. The lowest BCUT2D eigenvalue weighted by Gasteiger charge is -2.33. The van der Waals surface area contributed by atoms with Crippen LogP contribution in [0.5, 0.6) is 0 Å². The maximum Gasteiger partial charge on any atom is 0.253 e. The maximum absolute atomic E-state index is 12.5. The minimum atomic E-state index is -3.49. The summed E-state index contributed by atoms with van der Waals surface area (Å²) in [7, 11) is -3.49. The summed E-state index contributed by atoms with van der Waals surface area (Å²) >= 11 is 1.22. The van der Waals surface area contributed by atoms with Crippen molar-refractivity contribution in [1.29, 1.82) is 0 Å². The second kappa shape index (κ2) is 5.52. The Hall–Kier alpha value is -0.690. The van der Waals surface area contributed by atoms with E-state index in [1.165, 1.54) is 15.6 Å². The van der Waals surface area contributed by atoms with Gasteiger partial charge in [-0.25, -0.2) is 8.42 Å². The molecule has 0 aliphatic heterocycles. The molecule has 6 heteroatoms. The molecule has 0 aliphatic carbocycles. The van der Waals surface area contributed by atoms with Gasteiger partial charge in [0.15, 0.2) is 0 Å². The molecule has 0 radical (unpaired) electrons. The van der Waals surface area contributed by atoms with Crippen molar-refractivity contribution in [2.24, 2.45) is 5.73 Å². The van der Waals surface area contributed by atoms with Crippen LogP contribution < -0.4 is 5.73 Å². The molecule has 1 heterocycles. The van der Waals surface area contributed by atoms with Gasteiger partial charge in [0.05, 0.1) is 0 Å². The van der Waals surface area contributed by atoms with Gasteiger partial charge in [0, 0.05) is 23.5 Å². The van der Waals surface area contributed by atoms with Crippen LogP contribution in [-0.2, 0) is 16.6 Å². The largest absolute Gasteiger partial charge is 0.326 e. The van der Waals surface area contributed by atoms with Crippen molar-refractivity contribution in [2.45, 2.75) is 37.1 Å². The van der Waals surface area contributed by atoms with E-state index in [2.05, 4.69) is 6.58 Å². The lowest BCUT2D eigenvalue weighted by atomic mass is 10.1. The molecule has 0 spiro atoms. The van der Waals surface area contributed by atoms with Crippen molar-refractivity contribution < 1.29 is 8.42 Å². The fourth-order valence-corrected chi connectivity index (χ4v) is 4.67. The van der Waals surface area contributed by atoms with Gasteiger partial charge < -0.3 is 5.73 Å². The smallest absolute Gasteiger partial charge is 0.253 e. The number of nitrogens with two attached hydrogens (primary N) is 1. The van der Waals surface area contributed by atoms with Crippen molar-refractivity contribution >= 4 is 21.4 Å². The van der Waals surface area contributed by atoms with Gasteiger partial charge in [-0.1, -0.05) is 6.08 Å². The standard InChI is InChI=1S/C12H20N2O2S2/c1-5-8-14(12(2,3)4)18(15,16)11-7-6-10(9-13)17-11/h5-7H,1,8-9,13H2,2-4H3. The highest BCUT2D eigenvalue weighted by Crippen LogP contribution is 2.29. The molecule has 0 atom stereocenters. The van der Waals surface area contributed by atoms with E-state index in [1.54, 1.807) is 18.2 Å². The van der Waals surface area contributed by atoms with Crippen LogP contribution in [0.25, 0.3) is 0 Å². The highest BCUT2D eigenvalue weighted by Gasteiger charge is 2.33. The first-order valence-electron chi connectivity index (χ1n) is 5.66. The summed E-state index contributed by atoms with van der Waals surface area (Å²) in [6.07, 6.45) is 1.60. The van der Waals surface area contributed by atoms with Crippen molar-refractivity contribution in [2.75, 3.05) is 6.54 Å². The van der Waals surface area contributed by atoms with E-state index in [0.29, 0.717) is 17.3 Å². The normalized spacial score (nSPS) is 12.9. The Balaban J connectivity index is 3.21. The number of rotatable bonds is 5. The molecule has 0 bridgehead atoms. The number of sulfonamides is 1. The molecule has 0 unspecified atom stereocenters. The highest BCUT2D eigenvalue weighted by atomic mass is 32.2. The minimum absolute atomic E-state index is 0.293. The lowest BCUT2D eigenvalue weighted by Crippen LogP contribution is -2.45. The van der Waals surface area contributed by atoms with E-state index < -0.39 is 15.6 Å². The van der Waals surface area contributed by atoms with Crippen LogP contribution in [0.15, 0.2) is 29.0 Å². The van der Waals surface area contributed by atoms with Crippen LogP contribution >= 0.6 is 11.3 Å². The van der Waals surface area contributed by atoms with Crippen LogP contribution in [0.1, 0.15) is 25.6 Å². The van der Waals surface area contributed by atoms with Crippen LogP contribution in [-0.4, -0.2) is 24.8 Å². The zero-order valence-corrected chi connectivity index (χ0v) is 12.6. The van der Waals surface area contributed by atoms with Gasteiger partial charge in [-0.05, 0) is 32.9 Å². The third-order valence-electron chi connectivity index (χ3n) is 2.43. The van der Waals surface area contributed by atoms with Crippen LogP contribution in [0.4, 0.5) is 0 Å². The zero-order chi connectivity index (χ0) is 14.0. The van der Waals surface area contributed by atoms with Crippen LogP contribution in [0.3, 0.4) is 0 Å². The Morgan fingerprint density at radius 1 is 1.44 bits per heavy atom. The Morgan fingerprint density at radius 2 is 2.06 bits per heavy atom. The number of nitrogens with zero attached hydrogens (tertiary/aromatic N) is 1. The van der Waals surface area contributed by atoms with E-state index in [9.17, 15) is 8.42 Å². The van der Waals surface area contributed by atoms with E-state index in [0.717, 1.165) is 4.88 Å². The zero-order valence-electron chi connectivity index (χ0n) is 11.0. The molecule has 0 saturated heterocycles. The van der Waals surface area contributed by atoms with Crippen LogP contribution in [0, 0.1) is 0 Å². The molecule has 1 rings (SSSR count). The first-order chi connectivity index (χ1) is 8.23. The van der Waals surface area contributed by atoms with E-state index in [1.807, 2.05) is 20.8 Å². The molecule has 1 aromatic heterocycles. The molecular weight excluding hydrogens is 268 g/mol. The van der Waals surface area contributed by atoms with Gasteiger partial charge in [-0.3, -0.25) is 0 Å². The Morgan fingerprint density at radius 3 is 2.44 bits per heavy atom. The fraction of sp³-hybridized carbons (Fsp3) is 0.500. The fourth-order valence-electron chi connectivity index (χ4n) is 1.56. The second-order valence-electron chi connectivity index (χ2n) is 4.92. The lowest BCUT2D eigenvalue weighted by molar-refractivity contribution is 0.270. The molecule has 0 aliphatic rings. The molecular formula is C12H20N2O2S2. The molecule has 0 fully saturated rings. The summed E-state index contributed by atoms with van der Waals surface area (Å²) in [5.74, 6) is 0. The SMILES string of the molecule is C=CCN(C(C)(C)C)S(=O)(=O)c1ccc(CN)s1. The predicted molar refractivity (Wildman–Crippen MR) is 76.1 cm³/mol. The summed E-state index contributed by atoms with van der Waals surface area (Å²) in [4.78, 5) is 0.862. The molecule has 0 amide bonds. The summed E-state index contributed by atoms with van der Waals surface area (Å²) in [6.45, 7) is 9.87. The predicted octanol–water partition coefficient (Wildman–Crippen LogP) is 2.18. The van der Waals surface area contributed by atoms with E-state index in [-0.39, 0.29) is 0 Å².